The molecule has 0 N–H and O–H groups in total. The fourth-order valence-electron chi connectivity index (χ4n) is 2.19. The first-order valence-electron chi connectivity index (χ1n) is 6.56. The third-order valence-electron chi connectivity index (χ3n) is 3.18. The van der Waals surface area contributed by atoms with Crippen molar-refractivity contribution < 1.29 is 19.1 Å². The van der Waals surface area contributed by atoms with E-state index in [0.717, 1.165) is 0 Å². The van der Waals surface area contributed by atoms with Gasteiger partial charge in [0.15, 0.2) is 0 Å². The van der Waals surface area contributed by atoms with Crippen LogP contribution in [0.15, 0.2) is 0 Å². The smallest absolute Gasteiger partial charge is 0.325 e. The molecule has 0 unspecified atom stereocenters. The van der Waals surface area contributed by atoms with Crippen LogP contribution in [0.5, 0.6) is 0 Å². The number of hydrogen-bond acceptors (Lipinski definition) is 4. The lowest BCUT2D eigenvalue weighted by Crippen LogP contribution is -2.39. The number of nitrogens with zero attached hydrogens (tertiary/aromatic N) is 2. The summed E-state index contributed by atoms with van der Waals surface area (Å²) in [6.45, 7) is 6.22. The lowest BCUT2D eigenvalue weighted by atomic mass is 10.1. The van der Waals surface area contributed by atoms with Crippen molar-refractivity contribution in [3.8, 4) is 0 Å². The van der Waals surface area contributed by atoms with Crippen molar-refractivity contribution in [3.05, 3.63) is 0 Å². The van der Waals surface area contributed by atoms with Gasteiger partial charge in [0.05, 0.1) is 12.5 Å². The van der Waals surface area contributed by atoms with Crippen molar-refractivity contribution in [2.75, 3.05) is 26.7 Å². The van der Waals surface area contributed by atoms with Gasteiger partial charge in [-0.3, -0.25) is 14.4 Å². The molecule has 1 aliphatic rings. The van der Waals surface area contributed by atoms with Crippen molar-refractivity contribution in [2.24, 2.45) is 5.92 Å². The Hall–Kier alpha value is -1.59. The maximum absolute atomic E-state index is 12.1. The number of carbonyl (C=O) groups is 3. The van der Waals surface area contributed by atoms with Crippen LogP contribution in [0.2, 0.25) is 0 Å². The standard InChI is InChI=1S/C13H22N2O4/c1-5-19-12(17)8-14(4)13(18)10-6-11(16)15(7-10)9(2)3/h9-10H,5-8H2,1-4H3/t10-/m1/s1. The first-order valence-corrected chi connectivity index (χ1v) is 6.56. The summed E-state index contributed by atoms with van der Waals surface area (Å²) in [7, 11) is 1.56. The minimum atomic E-state index is -0.427. The summed E-state index contributed by atoms with van der Waals surface area (Å²) in [5.74, 6) is -0.958. The molecule has 0 aliphatic carbocycles. The molecule has 1 heterocycles. The quantitative estimate of drug-likeness (QED) is 0.672. The van der Waals surface area contributed by atoms with Gasteiger partial charge in [0.25, 0.3) is 0 Å². The molecule has 0 spiro atoms. The molecule has 108 valence electrons. The second kappa shape index (κ2) is 6.54. The van der Waals surface area contributed by atoms with E-state index in [1.807, 2.05) is 13.8 Å². The zero-order valence-electron chi connectivity index (χ0n) is 12.0. The summed E-state index contributed by atoms with van der Waals surface area (Å²) in [6.07, 6.45) is 0.226. The molecule has 2 amide bonds. The topological polar surface area (TPSA) is 66.9 Å². The van der Waals surface area contributed by atoms with Gasteiger partial charge >= 0.3 is 5.97 Å². The molecule has 0 aromatic heterocycles. The van der Waals surface area contributed by atoms with Gasteiger partial charge < -0.3 is 14.5 Å². The van der Waals surface area contributed by atoms with Gasteiger partial charge in [0.2, 0.25) is 11.8 Å². The van der Waals surface area contributed by atoms with Crippen molar-refractivity contribution in [3.63, 3.8) is 0 Å². The average Bonchev–Trinajstić information content (AvgIpc) is 2.70. The van der Waals surface area contributed by atoms with Gasteiger partial charge in [-0.05, 0) is 20.8 Å². The molecular formula is C13H22N2O4. The highest BCUT2D eigenvalue weighted by molar-refractivity contribution is 5.90. The maximum Gasteiger partial charge on any atom is 0.325 e. The van der Waals surface area contributed by atoms with E-state index in [4.69, 9.17) is 4.74 Å². The summed E-state index contributed by atoms with van der Waals surface area (Å²) in [5, 5.41) is 0. The Morgan fingerprint density at radius 1 is 1.47 bits per heavy atom. The number of likely N-dealkylation sites (N-methyl/N-ethyl adjacent to an activating group) is 1. The van der Waals surface area contributed by atoms with Crippen LogP contribution in [0.1, 0.15) is 27.2 Å². The van der Waals surface area contributed by atoms with Crippen molar-refractivity contribution in [2.45, 2.75) is 33.2 Å². The number of esters is 1. The van der Waals surface area contributed by atoms with Crippen LogP contribution in [0.4, 0.5) is 0 Å². The molecular weight excluding hydrogens is 248 g/mol. The SMILES string of the molecule is CCOC(=O)CN(C)C(=O)[C@@H]1CC(=O)N(C(C)C)C1. The lowest BCUT2D eigenvalue weighted by molar-refractivity contribution is -0.149. The van der Waals surface area contributed by atoms with Crippen molar-refractivity contribution in [1.82, 2.24) is 9.80 Å². The van der Waals surface area contributed by atoms with E-state index in [1.165, 1.54) is 4.90 Å². The summed E-state index contributed by atoms with van der Waals surface area (Å²) >= 11 is 0. The Kier molecular flexibility index (Phi) is 5.32. The molecule has 0 aromatic rings. The van der Waals surface area contributed by atoms with Gasteiger partial charge in [0.1, 0.15) is 6.54 Å². The second-order valence-corrected chi connectivity index (χ2v) is 5.04. The monoisotopic (exact) mass is 270 g/mol. The van der Waals surface area contributed by atoms with E-state index in [9.17, 15) is 14.4 Å². The minimum absolute atomic E-state index is 0.00196. The molecule has 6 nitrogen and oxygen atoms in total. The number of hydrogen-bond donors (Lipinski definition) is 0. The Balaban J connectivity index is 2.54. The van der Waals surface area contributed by atoms with E-state index >= 15 is 0 Å². The van der Waals surface area contributed by atoms with Crippen LogP contribution in [-0.2, 0) is 19.1 Å². The highest BCUT2D eigenvalue weighted by Gasteiger charge is 2.37. The van der Waals surface area contributed by atoms with Crippen molar-refractivity contribution >= 4 is 17.8 Å². The van der Waals surface area contributed by atoms with E-state index in [0.29, 0.717) is 13.2 Å². The third-order valence-corrected chi connectivity index (χ3v) is 3.18. The number of rotatable bonds is 5. The second-order valence-electron chi connectivity index (χ2n) is 5.04. The number of ether oxygens (including phenoxy) is 1. The number of likely N-dealkylation sites (tertiary alicyclic amines) is 1. The minimum Gasteiger partial charge on any atom is -0.465 e. The van der Waals surface area contributed by atoms with E-state index in [-0.39, 0.29) is 36.7 Å². The molecule has 1 rings (SSSR count). The molecule has 1 saturated heterocycles. The van der Waals surface area contributed by atoms with Crippen LogP contribution in [-0.4, -0.2) is 60.4 Å². The van der Waals surface area contributed by atoms with Crippen LogP contribution in [0.3, 0.4) is 0 Å². The molecule has 0 saturated carbocycles. The van der Waals surface area contributed by atoms with Gasteiger partial charge in [-0.2, -0.15) is 0 Å². The molecule has 1 fully saturated rings. The molecule has 1 atom stereocenters. The first-order chi connectivity index (χ1) is 8.86. The Morgan fingerprint density at radius 2 is 2.11 bits per heavy atom. The third kappa shape index (κ3) is 3.94. The average molecular weight is 270 g/mol. The zero-order chi connectivity index (χ0) is 14.6. The summed E-state index contributed by atoms with van der Waals surface area (Å²) in [5.41, 5.74) is 0. The first kappa shape index (κ1) is 15.5. The fraction of sp³-hybridized carbons (Fsp3) is 0.769. The normalized spacial score (nSPS) is 18.9. The zero-order valence-corrected chi connectivity index (χ0v) is 12.0. The lowest BCUT2D eigenvalue weighted by Gasteiger charge is -2.22. The molecule has 0 aromatic carbocycles. The van der Waals surface area contributed by atoms with Gasteiger partial charge in [0, 0.05) is 26.1 Å². The molecule has 19 heavy (non-hydrogen) atoms. The summed E-state index contributed by atoms with van der Waals surface area (Å²) in [6, 6.07) is 0.0978. The molecule has 1 aliphatic heterocycles. The molecule has 0 bridgehead atoms. The summed E-state index contributed by atoms with van der Waals surface area (Å²) < 4.78 is 4.80. The van der Waals surface area contributed by atoms with E-state index < -0.39 is 5.97 Å². The Morgan fingerprint density at radius 3 is 2.58 bits per heavy atom. The molecule has 6 heteroatoms. The maximum atomic E-state index is 12.1. The highest BCUT2D eigenvalue weighted by atomic mass is 16.5. The van der Waals surface area contributed by atoms with Gasteiger partial charge in [-0.15, -0.1) is 0 Å². The van der Waals surface area contributed by atoms with Crippen LogP contribution in [0, 0.1) is 5.92 Å². The van der Waals surface area contributed by atoms with Crippen molar-refractivity contribution in [1.29, 1.82) is 0 Å². The Labute approximate surface area is 113 Å². The highest BCUT2D eigenvalue weighted by Crippen LogP contribution is 2.21. The van der Waals surface area contributed by atoms with E-state index in [1.54, 1.807) is 18.9 Å². The van der Waals surface area contributed by atoms with Gasteiger partial charge in [-0.1, -0.05) is 0 Å². The molecule has 0 radical (unpaired) electrons. The Bertz CT molecular complexity index is 368. The predicted molar refractivity (Wildman–Crippen MR) is 69.2 cm³/mol. The number of carbonyl (C=O) groups excluding carboxylic acids is 3. The summed E-state index contributed by atoms with van der Waals surface area (Å²) in [4.78, 5) is 38.2. The van der Waals surface area contributed by atoms with Crippen LogP contribution >= 0.6 is 0 Å². The van der Waals surface area contributed by atoms with Crippen LogP contribution in [0.25, 0.3) is 0 Å². The van der Waals surface area contributed by atoms with Crippen LogP contribution < -0.4 is 0 Å². The largest absolute Gasteiger partial charge is 0.465 e. The number of amides is 2. The predicted octanol–water partition coefficient (Wildman–Crippen LogP) is 0.265. The van der Waals surface area contributed by atoms with Gasteiger partial charge in [-0.25, -0.2) is 0 Å². The fourth-order valence-corrected chi connectivity index (χ4v) is 2.19. The van der Waals surface area contributed by atoms with E-state index in [2.05, 4.69) is 0 Å².